The first kappa shape index (κ1) is 29.3. The lowest BCUT2D eigenvalue weighted by Gasteiger charge is -2.37. The van der Waals surface area contributed by atoms with Crippen molar-refractivity contribution in [2.24, 2.45) is 0 Å². The molecule has 7 heteroatoms. The number of fused-ring (bicyclic) bond motifs is 1. The average molecular weight is 567 g/mol. The largest absolute Gasteiger partial charge is 0.382 e. The van der Waals surface area contributed by atoms with Gasteiger partial charge in [-0.15, -0.1) is 11.3 Å². The number of carbonyl (C=O) groups excluding carboxylic acids is 2. The predicted octanol–water partition coefficient (Wildman–Crippen LogP) is 7.18. The fourth-order valence-electron chi connectivity index (χ4n) is 5.17. The van der Waals surface area contributed by atoms with E-state index in [0.717, 1.165) is 30.4 Å². The molecule has 0 spiro atoms. The van der Waals surface area contributed by atoms with Crippen molar-refractivity contribution in [1.29, 1.82) is 0 Å². The van der Waals surface area contributed by atoms with E-state index >= 15 is 0 Å². The maximum absolute atomic E-state index is 13.9. The molecule has 0 radical (unpaired) electrons. The fourth-order valence-corrected chi connectivity index (χ4v) is 6.20. The number of ether oxygens (including phenoxy) is 1. The molecular formula is C32H39ClN2O3S. The highest BCUT2D eigenvalue weighted by Gasteiger charge is 2.34. The molecule has 0 saturated heterocycles. The van der Waals surface area contributed by atoms with Gasteiger partial charge in [0.05, 0.1) is 6.04 Å². The summed E-state index contributed by atoms with van der Waals surface area (Å²) in [5.74, 6) is -0.163. The number of nitrogens with zero attached hydrogens (tertiary/aromatic N) is 2. The Morgan fingerprint density at radius 1 is 1.03 bits per heavy atom. The number of halogens is 1. The summed E-state index contributed by atoms with van der Waals surface area (Å²) in [6.07, 6.45) is 6.06. The van der Waals surface area contributed by atoms with Crippen LogP contribution in [0.2, 0.25) is 5.02 Å². The predicted molar refractivity (Wildman–Crippen MR) is 160 cm³/mol. The first-order valence-corrected chi connectivity index (χ1v) is 15.3. The molecule has 2 heterocycles. The zero-order valence-electron chi connectivity index (χ0n) is 23.0. The second-order valence-electron chi connectivity index (χ2n) is 10.0. The van der Waals surface area contributed by atoms with Gasteiger partial charge in [-0.2, -0.15) is 0 Å². The molecule has 1 atom stereocenters. The molecule has 1 aromatic heterocycles. The lowest BCUT2D eigenvalue weighted by molar-refractivity contribution is -0.134. The van der Waals surface area contributed by atoms with Crippen molar-refractivity contribution in [2.75, 3.05) is 32.8 Å². The SMILES string of the molecule is CCCCCc1ccc(C(=O)N(CCCOCC)CC(=O)N2CCc3sccc3C2c2ccc(Cl)cc2)cc1. The van der Waals surface area contributed by atoms with Crippen molar-refractivity contribution < 1.29 is 14.3 Å². The standard InChI is InChI=1S/C32H39ClN2O3S/c1-3-5-6-8-24-9-11-26(12-10-24)32(37)34(19-7-21-38-4-2)23-30(36)35-20-17-29-28(18-22-39-29)31(35)25-13-15-27(33)16-14-25/h9-16,18,22,31H,3-8,17,19-21,23H2,1-2H3. The summed E-state index contributed by atoms with van der Waals surface area (Å²) >= 11 is 7.91. The van der Waals surface area contributed by atoms with Gasteiger partial charge in [-0.25, -0.2) is 0 Å². The second kappa shape index (κ2) is 14.6. The third-order valence-corrected chi connectivity index (χ3v) is 8.52. The van der Waals surface area contributed by atoms with E-state index in [1.165, 1.54) is 23.3 Å². The van der Waals surface area contributed by atoms with Crippen LogP contribution in [-0.4, -0.2) is 54.5 Å². The number of thiophene rings is 1. The Morgan fingerprint density at radius 3 is 2.51 bits per heavy atom. The zero-order valence-corrected chi connectivity index (χ0v) is 24.6. The number of benzene rings is 2. The number of aryl methyl sites for hydroxylation is 1. The van der Waals surface area contributed by atoms with Crippen LogP contribution in [0.5, 0.6) is 0 Å². The van der Waals surface area contributed by atoms with Crippen LogP contribution in [0.25, 0.3) is 0 Å². The minimum Gasteiger partial charge on any atom is -0.382 e. The molecule has 3 aromatic rings. The van der Waals surface area contributed by atoms with Crippen molar-refractivity contribution in [3.05, 3.63) is 92.1 Å². The molecule has 1 aliphatic heterocycles. The molecule has 208 valence electrons. The minimum atomic E-state index is -0.187. The van der Waals surface area contributed by atoms with Gasteiger partial charge in [0, 0.05) is 41.8 Å². The van der Waals surface area contributed by atoms with Crippen molar-refractivity contribution in [2.45, 2.75) is 58.4 Å². The molecule has 1 aliphatic rings. The quantitative estimate of drug-likeness (QED) is 0.206. The van der Waals surface area contributed by atoms with E-state index in [-0.39, 0.29) is 24.4 Å². The maximum Gasteiger partial charge on any atom is 0.254 e. The van der Waals surface area contributed by atoms with Crippen LogP contribution >= 0.6 is 22.9 Å². The number of amides is 2. The lowest BCUT2D eigenvalue weighted by atomic mass is 9.93. The lowest BCUT2D eigenvalue weighted by Crippen LogP contribution is -2.47. The van der Waals surface area contributed by atoms with Gasteiger partial charge < -0.3 is 14.5 Å². The van der Waals surface area contributed by atoms with Gasteiger partial charge in [0.25, 0.3) is 5.91 Å². The minimum absolute atomic E-state index is 0.0345. The summed E-state index contributed by atoms with van der Waals surface area (Å²) in [6, 6.07) is 17.5. The van der Waals surface area contributed by atoms with E-state index in [2.05, 4.69) is 18.4 Å². The molecule has 0 fully saturated rings. The highest BCUT2D eigenvalue weighted by Crippen LogP contribution is 2.38. The van der Waals surface area contributed by atoms with Crippen LogP contribution in [-0.2, 0) is 22.4 Å². The van der Waals surface area contributed by atoms with Gasteiger partial charge in [-0.1, -0.05) is 55.6 Å². The zero-order chi connectivity index (χ0) is 27.6. The summed E-state index contributed by atoms with van der Waals surface area (Å²) in [5.41, 5.74) is 4.05. The Balaban J connectivity index is 1.53. The number of unbranched alkanes of at least 4 members (excludes halogenated alkanes) is 2. The molecule has 0 N–H and O–H groups in total. The van der Waals surface area contributed by atoms with Crippen LogP contribution < -0.4 is 0 Å². The van der Waals surface area contributed by atoms with E-state index in [1.807, 2.05) is 60.4 Å². The smallest absolute Gasteiger partial charge is 0.254 e. The third kappa shape index (κ3) is 7.71. The molecule has 0 bridgehead atoms. The Bertz CT molecular complexity index is 1210. The van der Waals surface area contributed by atoms with Crippen LogP contribution in [0.3, 0.4) is 0 Å². The Hall–Kier alpha value is -2.67. The highest BCUT2D eigenvalue weighted by atomic mass is 35.5. The Labute approximate surface area is 241 Å². The molecule has 5 nitrogen and oxygen atoms in total. The maximum atomic E-state index is 13.9. The molecule has 2 amide bonds. The van der Waals surface area contributed by atoms with E-state index in [0.29, 0.717) is 43.3 Å². The van der Waals surface area contributed by atoms with E-state index < -0.39 is 0 Å². The van der Waals surface area contributed by atoms with Gasteiger partial charge in [0.2, 0.25) is 5.91 Å². The summed E-state index contributed by atoms with van der Waals surface area (Å²) < 4.78 is 5.52. The molecule has 39 heavy (non-hydrogen) atoms. The van der Waals surface area contributed by atoms with E-state index in [9.17, 15) is 9.59 Å². The molecule has 0 saturated carbocycles. The average Bonchev–Trinajstić information content (AvgIpc) is 3.44. The van der Waals surface area contributed by atoms with Crippen molar-refractivity contribution in [1.82, 2.24) is 9.80 Å². The fraction of sp³-hybridized carbons (Fsp3) is 0.438. The molecule has 0 aliphatic carbocycles. The van der Waals surface area contributed by atoms with Crippen LogP contribution in [0.4, 0.5) is 0 Å². The first-order chi connectivity index (χ1) is 19.0. The van der Waals surface area contributed by atoms with Crippen LogP contribution in [0.1, 0.15) is 77.5 Å². The normalized spacial score (nSPS) is 14.7. The molecule has 1 unspecified atom stereocenters. The van der Waals surface area contributed by atoms with Gasteiger partial charge in [0.1, 0.15) is 6.54 Å². The van der Waals surface area contributed by atoms with Crippen molar-refractivity contribution in [3.63, 3.8) is 0 Å². The monoisotopic (exact) mass is 566 g/mol. The molecule has 4 rings (SSSR count). The van der Waals surface area contributed by atoms with Gasteiger partial charge in [-0.05, 0) is 85.0 Å². The number of hydrogen-bond acceptors (Lipinski definition) is 4. The number of rotatable bonds is 13. The number of carbonyl (C=O) groups is 2. The van der Waals surface area contributed by atoms with Gasteiger partial charge in [-0.3, -0.25) is 9.59 Å². The Morgan fingerprint density at radius 2 is 1.79 bits per heavy atom. The third-order valence-electron chi connectivity index (χ3n) is 7.28. The molecular weight excluding hydrogens is 528 g/mol. The Kier molecular flexibility index (Phi) is 11.0. The second-order valence-corrected chi connectivity index (χ2v) is 11.5. The van der Waals surface area contributed by atoms with Crippen molar-refractivity contribution >= 4 is 34.8 Å². The van der Waals surface area contributed by atoms with Crippen LogP contribution in [0, 0.1) is 0 Å². The molecule has 2 aromatic carbocycles. The number of hydrogen-bond donors (Lipinski definition) is 0. The summed E-state index contributed by atoms with van der Waals surface area (Å²) in [6.45, 7) is 6.46. The summed E-state index contributed by atoms with van der Waals surface area (Å²) in [7, 11) is 0. The van der Waals surface area contributed by atoms with Crippen molar-refractivity contribution in [3.8, 4) is 0 Å². The van der Waals surface area contributed by atoms with Gasteiger partial charge >= 0.3 is 0 Å². The van der Waals surface area contributed by atoms with E-state index in [1.54, 1.807) is 16.2 Å². The highest BCUT2D eigenvalue weighted by molar-refractivity contribution is 7.10. The first-order valence-electron chi connectivity index (χ1n) is 14.1. The van der Waals surface area contributed by atoms with Crippen LogP contribution in [0.15, 0.2) is 60.0 Å². The summed E-state index contributed by atoms with van der Waals surface area (Å²) in [4.78, 5) is 32.5. The van der Waals surface area contributed by atoms with Gasteiger partial charge in [0.15, 0.2) is 0 Å². The summed E-state index contributed by atoms with van der Waals surface area (Å²) in [5, 5.41) is 2.76. The van der Waals surface area contributed by atoms with E-state index in [4.69, 9.17) is 16.3 Å². The topological polar surface area (TPSA) is 49.9 Å².